The molecule has 0 saturated carbocycles. The standard InChI is InChI=1S/C17H22N4O4/c1-17(2,3)25-16(22)19-8-6-13(7-9-19)20-15-5-4-14(21(23)24)10-12(15)11-18-20/h4-5,10-11,13H,6-9H2,1-3H3. The summed E-state index contributed by atoms with van der Waals surface area (Å²) in [5, 5.41) is 16.0. The minimum atomic E-state index is -0.499. The summed E-state index contributed by atoms with van der Waals surface area (Å²) in [4.78, 5) is 24.3. The molecular weight excluding hydrogens is 324 g/mol. The maximum Gasteiger partial charge on any atom is 0.410 e. The van der Waals surface area contributed by atoms with Crippen LogP contribution in [0, 0.1) is 10.1 Å². The monoisotopic (exact) mass is 346 g/mol. The molecule has 2 aromatic rings. The van der Waals surface area contributed by atoms with E-state index in [1.54, 1.807) is 17.2 Å². The van der Waals surface area contributed by atoms with Crippen molar-refractivity contribution in [1.29, 1.82) is 0 Å². The minimum Gasteiger partial charge on any atom is -0.444 e. The number of piperidine rings is 1. The van der Waals surface area contributed by atoms with Gasteiger partial charge in [-0.1, -0.05) is 0 Å². The van der Waals surface area contributed by atoms with Crippen molar-refractivity contribution in [2.24, 2.45) is 0 Å². The largest absolute Gasteiger partial charge is 0.444 e. The Kier molecular flexibility index (Phi) is 4.36. The fourth-order valence-corrected chi connectivity index (χ4v) is 3.06. The molecule has 2 heterocycles. The minimum absolute atomic E-state index is 0.0618. The maximum atomic E-state index is 12.1. The summed E-state index contributed by atoms with van der Waals surface area (Å²) in [7, 11) is 0. The zero-order chi connectivity index (χ0) is 18.2. The Balaban J connectivity index is 1.70. The average Bonchev–Trinajstić information content (AvgIpc) is 2.96. The molecule has 1 fully saturated rings. The molecular formula is C17H22N4O4. The normalized spacial score (nSPS) is 16.2. The van der Waals surface area contributed by atoms with E-state index in [-0.39, 0.29) is 17.8 Å². The molecule has 0 atom stereocenters. The van der Waals surface area contributed by atoms with Gasteiger partial charge in [-0.3, -0.25) is 14.8 Å². The molecule has 25 heavy (non-hydrogen) atoms. The first-order chi connectivity index (χ1) is 11.7. The summed E-state index contributed by atoms with van der Waals surface area (Å²) < 4.78 is 7.32. The lowest BCUT2D eigenvalue weighted by Gasteiger charge is -2.33. The summed E-state index contributed by atoms with van der Waals surface area (Å²) in [6.07, 6.45) is 2.91. The average molecular weight is 346 g/mol. The fraction of sp³-hybridized carbons (Fsp3) is 0.529. The summed E-state index contributed by atoms with van der Waals surface area (Å²) >= 11 is 0. The number of fused-ring (bicyclic) bond motifs is 1. The lowest BCUT2D eigenvalue weighted by molar-refractivity contribution is -0.384. The molecule has 0 bridgehead atoms. The van der Waals surface area contributed by atoms with E-state index in [2.05, 4.69) is 5.10 Å². The van der Waals surface area contributed by atoms with Gasteiger partial charge in [0.1, 0.15) is 5.60 Å². The number of rotatable bonds is 2. The van der Waals surface area contributed by atoms with Gasteiger partial charge in [-0.15, -0.1) is 0 Å². The van der Waals surface area contributed by atoms with Gasteiger partial charge in [0.2, 0.25) is 0 Å². The highest BCUT2D eigenvalue weighted by Gasteiger charge is 2.28. The molecule has 0 unspecified atom stereocenters. The van der Waals surface area contributed by atoms with Gasteiger partial charge in [0.15, 0.2) is 0 Å². The number of hydrogen-bond donors (Lipinski definition) is 0. The van der Waals surface area contributed by atoms with E-state index in [1.807, 2.05) is 25.5 Å². The van der Waals surface area contributed by atoms with E-state index in [0.29, 0.717) is 13.1 Å². The van der Waals surface area contributed by atoms with Gasteiger partial charge in [-0.2, -0.15) is 5.10 Å². The molecule has 1 aliphatic heterocycles. The second-order valence-electron chi connectivity index (χ2n) is 7.29. The third-order valence-electron chi connectivity index (χ3n) is 4.25. The third kappa shape index (κ3) is 3.72. The molecule has 1 saturated heterocycles. The maximum absolute atomic E-state index is 12.1. The molecule has 0 radical (unpaired) electrons. The predicted octanol–water partition coefficient (Wildman–Crippen LogP) is 3.52. The molecule has 0 spiro atoms. The Labute approximate surface area is 145 Å². The smallest absolute Gasteiger partial charge is 0.410 e. The Bertz CT molecular complexity index is 801. The molecule has 0 aliphatic carbocycles. The van der Waals surface area contributed by atoms with Crippen LogP contribution >= 0.6 is 0 Å². The number of likely N-dealkylation sites (tertiary alicyclic amines) is 1. The molecule has 8 nitrogen and oxygen atoms in total. The van der Waals surface area contributed by atoms with Crippen LogP contribution in [0.25, 0.3) is 10.9 Å². The SMILES string of the molecule is CC(C)(C)OC(=O)N1CCC(n2ncc3cc([N+](=O)[O-])ccc32)CC1. The number of nitro benzene ring substituents is 1. The number of carbonyl (C=O) groups excluding carboxylic acids is 1. The van der Waals surface area contributed by atoms with Crippen molar-refractivity contribution in [2.75, 3.05) is 13.1 Å². The summed E-state index contributed by atoms with van der Waals surface area (Å²) in [6.45, 7) is 6.77. The van der Waals surface area contributed by atoms with Gasteiger partial charge in [0, 0.05) is 30.6 Å². The lowest BCUT2D eigenvalue weighted by Crippen LogP contribution is -2.42. The number of aromatic nitrogens is 2. The van der Waals surface area contributed by atoms with Crippen LogP contribution in [0.3, 0.4) is 0 Å². The topological polar surface area (TPSA) is 90.5 Å². The fourth-order valence-electron chi connectivity index (χ4n) is 3.06. The first kappa shape index (κ1) is 17.2. The molecule has 1 aromatic carbocycles. The van der Waals surface area contributed by atoms with Gasteiger partial charge in [0.05, 0.1) is 22.7 Å². The van der Waals surface area contributed by atoms with Crippen LogP contribution in [0.15, 0.2) is 24.4 Å². The molecule has 1 aromatic heterocycles. The summed E-state index contributed by atoms with van der Waals surface area (Å²) in [5.41, 5.74) is 0.439. The Morgan fingerprint density at radius 3 is 2.60 bits per heavy atom. The molecule has 3 rings (SSSR count). The number of amides is 1. The van der Waals surface area contributed by atoms with E-state index < -0.39 is 10.5 Å². The van der Waals surface area contributed by atoms with Gasteiger partial charge in [-0.05, 0) is 39.7 Å². The Morgan fingerprint density at radius 2 is 2.00 bits per heavy atom. The zero-order valence-corrected chi connectivity index (χ0v) is 14.6. The van der Waals surface area contributed by atoms with Crippen LogP contribution in [0.4, 0.5) is 10.5 Å². The van der Waals surface area contributed by atoms with Crippen molar-refractivity contribution < 1.29 is 14.5 Å². The summed E-state index contributed by atoms with van der Waals surface area (Å²) in [6, 6.07) is 4.93. The second-order valence-corrected chi connectivity index (χ2v) is 7.29. The quantitative estimate of drug-likeness (QED) is 0.613. The van der Waals surface area contributed by atoms with Crippen molar-refractivity contribution >= 4 is 22.7 Å². The van der Waals surface area contributed by atoms with Crippen LogP contribution in [0.2, 0.25) is 0 Å². The van der Waals surface area contributed by atoms with E-state index in [9.17, 15) is 14.9 Å². The number of nitro groups is 1. The number of benzene rings is 1. The van der Waals surface area contributed by atoms with Gasteiger partial charge in [0.25, 0.3) is 5.69 Å². The number of non-ortho nitro benzene ring substituents is 1. The van der Waals surface area contributed by atoms with Crippen LogP contribution in [-0.2, 0) is 4.74 Å². The number of hydrogen-bond acceptors (Lipinski definition) is 5. The van der Waals surface area contributed by atoms with Crippen molar-refractivity contribution in [3.05, 3.63) is 34.5 Å². The highest BCUT2D eigenvalue weighted by atomic mass is 16.6. The first-order valence-corrected chi connectivity index (χ1v) is 8.34. The highest BCUT2D eigenvalue weighted by molar-refractivity contribution is 5.81. The number of carbonyl (C=O) groups is 1. The van der Waals surface area contributed by atoms with Gasteiger partial charge in [-0.25, -0.2) is 4.79 Å². The van der Waals surface area contributed by atoms with E-state index in [1.165, 1.54) is 12.1 Å². The molecule has 0 N–H and O–H groups in total. The van der Waals surface area contributed by atoms with Crippen LogP contribution in [0.5, 0.6) is 0 Å². The third-order valence-corrected chi connectivity index (χ3v) is 4.25. The van der Waals surface area contributed by atoms with Crippen molar-refractivity contribution in [3.8, 4) is 0 Å². The highest BCUT2D eigenvalue weighted by Crippen LogP contribution is 2.28. The van der Waals surface area contributed by atoms with Gasteiger partial charge < -0.3 is 9.64 Å². The lowest BCUT2D eigenvalue weighted by atomic mass is 10.1. The first-order valence-electron chi connectivity index (χ1n) is 8.34. The van der Waals surface area contributed by atoms with E-state index in [0.717, 1.165) is 23.7 Å². The van der Waals surface area contributed by atoms with Crippen molar-refractivity contribution in [2.45, 2.75) is 45.3 Å². The van der Waals surface area contributed by atoms with E-state index >= 15 is 0 Å². The molecule has 1 aliphatic rings. The van der Waals surface area contributed by atoms with Crippen LogP contribution < -0.4 is 0 Å². The van der Waals surface area contributed by atoms with Gasteiger partial charge >= 0.3 is 6.09 Å². The van der Waals surface area contributed by atoms with Crippen molar-refractivity contribution in [3.63, 3.8) is 0 Å². The zero-order valence-electron chi connectivity index (χ0n) is 14.6. The molecule has 1 amide bonds. The van der Waals surface area contributed by atoms with E-state index in [4.69, 9.17) is 4.74 Å². The predicted molar refractivity (Wildman–Crippen MR) is 92.5 cm³/mol. The molecule has 134 valence electrons. The summed E-state index contributed by atoms with van der Waals surface area (Å²) in [5.74, 6) is 0. The second kappa shape index (κ2) is 6.34. The molecule has 8 heteroatoms. The number of nitrogens with zero attached hydrogens (tertiary/aromatic N) is 4. The van der Waals surface area contributed by atoms with Crippen LogP contribution in [0.1, 0.15) is 39.7 Å². The van der Waals surface area contributed by atoms with Crippen LogP contribution in [-0.4, -0.2) is 44.4 Å². The Hall–Kier alpha value is -2.64. The Morgan fingerprint density at radius 1 is 1.32 bits per heavy atom. The number of ether oxygens (including phenoxy) is 1. The van der Waals surface area contributed by atoms with Crippen molar-refractivity contribution in [1.82, 2.24) is 14.7 Å².